The summed E-state index contributed by atoms with van der Waals surface area (Å²) < 4.78 is 58.9. The maximum Gasteiger partial charge on any atom is 0.338 e. The van der Waals surface area contributed by atoms with E-state index in [4.69, 9.17) is 46.0 Å². The maximum absolute atomic E-state index is 15.9. The fourth-order valence-corrected chi connectivity index (χ4v) is 3.75. The highest BCUT2D eigenvalue weighted by Crippen LogP contribution is 2.43. The van der Waals surface area contributed by atoms with Gasteiger partial charge in [0.25, 0.3) is 11.8 Å². The summed E-state index contributed by atoms with van der Waals surface area (Å²) in [5.41, 5.74) is 11.4. The number of nitrogens with one attached hydrogen (secondary N) is 3. The molecule has 0 atom stereocenters. The van der Waals surface area contributed by atoms with Gasteiger partial charge in [-0.3, -0.25) is 10.8 Å². The minimum Gasteiger partial charge on any atom is -0.504 e. The Labute approximate surface area is 255 Å². The molecular weight excluding hydrogens is 594 g/mol. The number of phenols is 1. The molecule has 0 aliphatic rings. The van der Waals surface area contributed by atoms with Crippen molar-refractivity contribution in [2.45, 2.75) is 20.0 Å². The van der Waals surface area contributed by atoms with Crippen LogP contribution in [0.5, 0.6) is 46.3 Å². The Morgan fingerprint density at radius 1 is 0.889 bits per heavy atom. The summed E-state index contributed by atoms with van der Waals surface area (Å²) in [4.78, 5) is 16.2. The zero-order valence-corrected chi connectivity index (χ0v) is 24.1. The van der Waals surface area contributed by atoms with Crippen molar-refractivity contribution in [2.24, 2.45) is 11.5 Å². The van der Waals surface area contributed by atoms with E-state index < -0.39 is 47.0 Å². The van der Waals surface area contributed by atoms with Crippen molar-refractivity contribution in [3.05, 3.63) is 83.4 Å². The minimum atomic E-state index is -1.44. The lowest BCUT2D eigenvalue weighted by atomic mass is 10.2. The number of hydrogen-bond acceptors (Lipinski definition) is 10. The predicted octanol–water partition coefficient (Wildman–Crippen LogP) is 5.61. The van der Waals surface area contributed by atoms with Crippen molar-refractivity contribution in [3.8, 4) is 46.3 Å². The van der Waals surface area contributed by atoms with E-state index in [1.807, 2.05) is 0 Å². The molecule has 0 bridgehead atoms. The Hall–Kier alpha value is -6.12. The number of nitrogens with zero attached hydrogens (tertiary/aromatic N) is 1. The number of phenolic OH excluding ortho intramolecular Hbond substituents is 1. The molecule has 0 unspecified atom stereocenters. The molecule has 0 saturated heterocycles. The number of ether oxygens (including phenoxy) is 5. The molecule has 8 N–H and O–H groups in total. The van der Waals surface area contributed by atoms with Gasteiger partial charge in [0, 0.05) is 17.3 Å². The molecular formula is C30H28F2N6O7. The first kappa shape index (κ1) is 31.8. The number of anilines is 1. The van der Waals surface area contributed by atoms with Gasteiger partial charge in [0.05, 0.1) is 18.8 Å². The highest BCUT2D eigenvalue weighted by Gasteiger charge is 2.28. The molecule has 13 nitrogen and oxygen atoms in total. The van der Waals surface area contributed by atoms with Crippen molar-refractivity contribution < 1.29 is 42.4 Å². The Bertz CT molecular complexity index is 1780. The van der Waals surface area contributed by atoms with Crippen LogP contribution in [0.4, 0.5) is 14.5 Å². The number of guanidine groups is 1. The molecule has 0 amide bonds. The Morgan fingerprint density at radius 3 is 2.20 bits per heavy atom. The molecule has 0 saturated carbocycles. The molecule has 4 aromatic rings. The normalized spacial score (nSPS) is 10.6. The zero-order chi connectivity index (χ0) is 32.8. The van der Waals surface area contributed by atoms with E-state index >= 15 is 8.78 Å². The third-order valence-corrected chi connectivity index (χ3v) is 5.74. The van der Waals surface area contributed by atoms with Crippen LogP contribution in [0.2, 0.25) is 0 Å². The zero-order valence-electron chi connectivity index (χ0n) is 24.1. The standard InChI is InChI=1S/C30H28F2N6O7/c1-14(2)42-29(40)16-8-10-20(22(12-16)41-3)44-25-23(31)27(43-18-6-4-5-17(13-18)37-30(35)36)38-28(24(25)32)45-21-11-15(26(33)34)7-9-19(21)39/h4-14,39H,1-3H3,(H3,33,34)(H4,35,36,37). The lowest BCUT2D eigenvalue weighted by Crippen LogP contribution is -2.20. The number of benzene rings is 3. The highest BCUT2D eigenvalue weighted by atomic mass is 19.1. The van der Waals surface area contributed by atoms with Gasteiger partial charge in [-0.1, -0.05) is 6.07 Å². The van der Waals surface area contributed by atoms with E-state index in [2.05, 4.69) is 10.3 Å². The molecule has 0 spiro atoms. The van der Waals surface area contributed by atoms with E-state index in [0.29, 0.717) is 5.69 Å². The largest absolute Gasteiger partial charge is 0.504 e. The fourth-order valence-electron chi connectivity index (χ4n) is 3.75. The van der Waals surface area contributed by atoms with E-state index in [0.717, 1.165) is 12.1 Å². The predicted molar refractivity (Wildman–Crippen MR) is 159 cm³/mol. The van der Waals surface area contributed by atoms with Gasteiger partial charge in [0.15, 0.2) is 29.0 Å². The lowest BCUT2D eigenvalue weighted by molar-refractivity contribution is 0.0377. The summed E-state index contributed by atoms with van der Waals surface area (Å²) in [6, 6.07) is 13.3. The number of amidine groups is 1. The van der Waals surface area contributed by atoms with Crippen LogP contribution in [-0.2, 0) is 4.74 Å². The van der Waals surface area contributed by atoms with Crippen molar-refractivity contribution in [3.63, 3.8) is 0 Å². The van der Waals surface area contributed by atoms with Crippen LogP contribution in [0, 0.1) is 22.5 Å². The van der Waals surface area contributed by atoms with Crippen LogP contribution in [0.15, 0.2) is 60.7 Å². The first-order valence-corrected chi connectivity index (χ1v) is 13.1. The minimum absolute atomic E-state index is 0.00295. The number of nitrogens with two attached hydrogens (primary N) is 2. The number of esters is 1. The molecule has 45 heavy (non-hydrogen) atoms. The van der Waals surface area contributed by atoms with Gasteiger partial charge in [0.2, 0.25) is 17.4 Å². The van der Waals surface area contributed by atoms with Gasteiger partial charge in [0.1, 0.15) is 11.6 Å². The molecule has 1 heterocycles. The van der Waals surface area contributed by atoms with Gasteiger partial charge in [-0.2, -0.15) is 13.8 Å². The van der Waals surface area contributed by atoms with E-state index in [9.17, 15) is 9.90 Å². The van der Waals surface area contributed by atoms with E-state index in [-0.39, 0.29) is 45.9 Å². The van der Waals surface area contributed by atoms with Crippen molar-refractivity contribution >= 4 is 23.5 Å². The summed E-state index contributed by atoms with van der Waals surface area (Å²) in [5, 5.41) is 27.9. The number of halogens is 2. The van der Waals surface area contributed by atoms with Crippen molar-refractivity contribution in [1.82, 2.24) is 4.98 Å². The van der Waals surface area contributed by atoms with E-state index in [1.165, 1.54) is 49.6 Å². The number of methoxy groups -OCH3 is 1. The average molecular weight is 623 g/mol. The van der Waals surface area contributed by atoms with Crippen LogP contribution in [0.1, 0.15) is 29.8 Å². The first-order valence-electron chi connectivity index (χ1n) is 13.1. The number of aromatic hydroxyl groups is 1. The third-order valence-electron chi connectivity index (χ3n) is 5.74. The van der Waals surface area contributed by atoms with Gasteiger partial charge in [-0.05, 0) is 62.4 Å². The SMILES string of the molecule is COc1cc(C(=O)OC(C)C)ccc1Oc1c(F)c(Oc2cccc(NC(=N)N)c2)nc(Oc2cc(C(=N)N)ccc2O)c1F. The van der Waals surface area contributed by atoms with Gasteiger partial charge >= 0.3 is 5.97 Å². The van der Waals surface area contributed by atoms with Gasteiger partial charge < -0.3 is 45.6 Å². The topological polar surface area (TPSA) is 208 Å². The van der Waals surface area contributed by atoms with Gasteiger partial charge in [-0.15, -0.1) is 0 Å². The molecule has 15 heteroatoms. The smallest absolute Gasteiger partial charge is 0.338 e. The molecule has 0 aliphatic carbocycles. The quantitative estimate of drug-likeness (QED) is 0.0688. The van der Waals surface area contributed by atoms with Crippen molar-refractivity contribution in [1.29, 1.82) is 10.8 Å². The highest BCUT2D eigenvalue weighted by molar-refractivity contribution is 5.95. The number of rotatable bonds is 11. The van der Waals surface area contributed by atoms with Crippen LogP contribution in [0.3, 0.4) is 0 Å². The molecule has 0 aliphatic heterocycles. The summed E-state index contributed by atoms with van der Waals surface area (Å²) >= 11 is 0. The van der Waals surface area contributed by atoms with Crippen LogP contribution in [0.25, 0.3) is 0 Å². The number of aromatic nitrogens is 1. The molecule has 4 rings (SSSR count). The molecule has 1 aromatic heterocycles. The molecule has 0 radical (unpaired) electrons. The molecule has 234 valence electrons. The molecule has 0 fully saturated rings. The monoisotopic (exact) mass is 622 g/mol. The third kappa shape index (κ3) is 7.64. The fraction of sp³-hybridized carbons (Fsp3) is 0.133. The van der Waals surface area contributed by atoms with Gasteiger partial charge in [-0.25, -0.2) is 4.79 Å². The molecule has 3 aromatic carbocycles. The summed E-state index contributed by atoms with van der Waals surface area (Å²) in [7, 11) is 1.26. The second-order valence-electron chi connectivity index (χ2n) is 9.47. The first-order chi connectivity index (χ1) is 21.4. The number of hydrogen-bond donors (Lipinski definition) is 6. The Balaban J connectivity index is 1.81. The average Bonchev–Trinajstić information content (AvgIpc) is 2.98. The lowest BCUT2D eigenvalue weighted by Gasteiger charge is -2.17. The van der Waals surface area contributed by atoms with Crippen LogP contribution >= 0.6 is 0 Å². The summed E-state index contributed by atoms with van der Waals surface area (Å²) in [6.45, 7) is 3.35. The number of carbonyl (C=O) groups excluding carboxylic acids is 1. The maximum atomic E-state index is 15.9. The van der Waals surface area contributed by atoms with E-state index in [1.54, 1.807) is 19.9 Å². The second kappa shape index (κ2) is 13.5. The summed E-state index contributed by atoms with van der Waals surface area (Å²) in [5.74, 6) is -8.04. The second-order valence-corrected chi connectivity index (χ2v) is 9.47. The number of nitrogen functional groups attached to an aromatic ring is 1. The van der Waals surface area contributed by atoms with Crippen LogP contribution in [-0.4, -0.2) is 41.1 Å². The van der Waals surface area contributed by atoms with Crippen LogP contribution < -0.4 is 35.7 Å². The number of carbonyl (C=O) groups is 1. The Kier molecular flexibility index (Phi) is 9.51. The van der Waals surface area contributed by atoms with Crippen molar-refractivity contribution in [2.75, 3.05) is 12.4 Å². The number of pyridine rings is 1. The summed E-state index contributed by atoms with van der Waals surface area (Å²) in [6.07, 6.45) is -0.397. The Morgan fingerprint density at radius 2 is 1.56 bits per heavy atom.